The van der Waals surface area contributed by atoms with Crippen LogP contribution in [-0.4, -0.2) is 33.8 Å². The zero-order valence-electron chi connectivity index (χ0n) is 8.86. The van der Waals surface area contributed by atoms with E-state index in [4.69, 9.17) is 13.5 Å². The second-order valence-electron chi connectivity index (χ2n) is 2.92. The third-order valence-corrected chi connectivity index (χ3v) is 4.39. The van der Waals surface area contributed by atoms with Crippen molar-refractivity contribution >= 4 is 41.1 Å². The van der Waals surface area contributed by atoms with Crippen LogP contribution in [0.2, 0.25) is 0 Å². The Kier molecular flexibility index (Phi) is 4.84. The van der Waals surface area contributed by atoms with Gasteiger partial charge in [0.25, 0.3) is 0 Å². The predicted molar refractivity (Wildman–Crippen MR) is 66.3 cm³/mol. The van der Waals surface area contributed by atoms with Crippen molar-refractivity contribution in [1.29, 1.82) is 5.26 Å². The van der Waals surface area contributed by atoms with Gasteiger partial charge in [-0.3, -0.25) is 0 Å². The minimum absolute atomic E-state index is 0.000943. The Morgan fingerprint density at radius 3 is 2.47 bits per heavy atom. The van der Waals surface area contributed by atoms with E-state index in [1.54, 1.807) is 12.4 Å². The molecule has 0 fully saturated rings. The number of thioether (sulfide) groups is 1. The number of hydrogen-bond donors (Lipinski definition) is 3. The standard InChI is InChI=1S/C9H10AsN3O3S/c1-17-9(12-6-11)13-8-4-2-7(3-5-8)10(14,15)16/h2-5H,1H3,(H,12,13)(H2,14,15,16). The first-order valence-electron chi connectivity index (χ1n) is 4.41. The van der Waals surface area contributed by atoms with Crippen LogP contribution in [0.5, 0.6) is 0 Å². The van der Waals surface area contributed by atoms with Crippen LogP contribution in [0.25, 0.3) is 0 Å². The molecule has 0 atom stereocenters. The number of aliphatic imine (C=N–C) groups is 1. The van der Waals surface area contributed by atoms with Crippen LogP contribution in [0.3, 0.4) is 0 Å². The molecule has 0 aliphatic rings. The van der Waals surface area contributed by atoms with E-state index < -0.39 is 14.2 Å². The van der Waals surface area contributed by atoms with Crippen molar-refractivity contribution in [2.75, 3.05) is 6.26 Å². The van der Waals surface area contributed by atoms with Gasteiger partial charge in [0.05, 0.1) is 0 Å². The first kappa shape index (κ1) is 13.9. The SMILES string of the molecule is CSC(=Nc1ccc([As](=O)(O)O)cc1)NC#N. The molecule has 0 amide bonds. The number of benzene rings is 1. The Morgan fingerprint density at radius 1 is 1.47 bits per heavy atom. The average Bonchev–Trinajstić information content (AvgIpc) is 2.28. The van der Waals surface area contributed by atoms with E-state index in [-0.39, 0.29) is 4.35 Å². The van der Waals surface area contributed by atoms with E-state index in [2.05, 4.69) is 10.3 Å². The van der Waals surface area contributed by atoms with Gasteiger partial charge in [-0.2, -0.15) is 0 Å². The molecule has 1 aromatic rings. The first-order valence-corrected chi connectivity index (χ1v) is 9.02. The summed E-state index contributed by atoms with van der Waals surface area (Å²) in [7, 11) is 0. The summed E-state index contributed by atoms with van der Waals surface area (Å²) in [6, 6.07) is 5.66. The molecule has 0 heterocycles. The van der Waals surface area contributed by atoms with Gasteiger partial charge in [-0.1, -0.05) is 0 Å². The van der Waals surface area contributed by atoms with Gasteiger partial charge >= 0.3 is 105 Å². The van der Waals surface area contributed by atoms with Gasteiger partial charge in [0, 0.05) is 0 Å². The molecule has 0 aliphatic carbocycles. The van der Waals surface area contributed by atoms with Crippen molar-refractivity contribution in [3.8, 4) is 6.19 Å². The zero-order chi connectivity index (χ0) is 12.9. The number of nitrogens with zero attached hydrogens (tertiary/aromatic N) is 2. The summed E-state index contributed by atoms with van der Waals surface area (Å²) in [5.74, 6) is 0. The van der Waals surface area contributed by atoms with Gasteiger partial charge in [0.1, 0.15) is 0 Å². The molecule has 0 radical (unpaired) electrons. The third-order valence-electron chi connectivity index (χ3n) is 1.77. The van der Waals surface area contributed by atoms with Crippen molar-refractivity contribution < 1.29 is 11.9 Å². The third kappa shape index (κ3) is 4.29. The van der Waals surface area contributed by atoms with Gasteiger partial charge in [-0.05, 0) is 0 Å². The summed E-state index contributed by atoms with van der Waals surface area (Å²) in [4.78, 5) is 4.09. The van der Waals surface area contributed by atoms with Crippen molar-refractivity contribution in [1.82, 2.24) is 5.32 Å². The molecule has 0 unspecified atom stereocenters. The molecule has 0 saturated carbocycles. The van der Waals surface area contributed by atoms with E-state index in [0.29, 0.717) is 10.9 Å². The van der Waals surface area contributed by atoms with Crippen LogP contribution < -0.4 is 9.67 Å². The number of nitriles is 1. The molecule has 1 aromatic carbocycles. The second-order valence-corrected chi connectivity index (χ2v) is 7.08. The van der Waals surface area contributed by atoms with Gasteiger partial charge in [-0.15, -0.1) is 0 Å². The molecular weight excluding hydrogens is 305 g/mol. The Morgan fingerprint density at radius 2 is 2.06 bits per heavy atom. The second kappa shape index (κ2) is 5.94. The van der Waals surface area contributed by atoms with Crippen molar-refractivity contribution in [2.45, 2.75) is 0 Å². The fourth-order valence-corrected chi connectivity index (χ4v) is 2.48. The van der Waals surface area contributed by atoms with Crippen molar-refractivity contribution in [3.63, 3.8) is 0 Å². The van der Waals surface area contributed by atoms with Gasteiger partial charge in [0.15, 0.2) is 0 Å². The summed E-state index contributed by atoms with van der Waals surface area (Å²) in [6.45, 7) is 0. The van der Waals surface area contributed by atoms with E-state index in [9.17, 15) is 3.74 Å². The monoisotopic (exact) mass is 315 g/mol. The Hall–Kier alpha value is -1.19. The molecule has 3 N–H and O–H groups in total. The molecule has 0 aliphatic heterocycles. The summed E-state index contributed by atoms with van der Waals surface area (Å²) < 4.78 is 28.9. The van der Waals surface area contributed by atoms with Gasteiger partial charge in [-0.25, -0.2) is 0 Å². The Balaban J connectivity index is 2.96. The molecule has 90 valence electrons. The number of hydrogen-bond acceptors (Lipinski definition) is 4. The predicted octanol–water partition coefficient (Wildman–Crippen LogP) is -0.331. The van der Waals surface area contributed by atoms with E-state index in [1.807, 2.05) is 0 Å². The van der Waals surface area contributed by atoms with Gasteiger partial charge in [0.2, 0.25) is 0 Å². The van der Waals surface area contributed by atoms with Crippen molar-refractivity contribution in [2.24, 2.45) is 4.99 Å². The maximum atomic E-state index is 11.0. The molecule has 6 nitrogen and oxygen atoms in total. The molecular formula is C9H10AsN3O3S. The van der Waals surface area contributed by atoms with E-state index >= 15 is 0 Å². The van der Waals surface area contributed by atoms with Crippen LogP contribution in [0.1, 0.15) is 0 Å². The summed E-state index contributed by atoms with van der Waals surface area (Å²) in [5, 5.41) is 11.3. The van der Waals surface area contributed by atoms with E-state index in [1.165, 1.54) is 36.0 Å². The topological polar surface area (TPSA) is 106 Å². The fraction of sp³-hybridized carbons (Fsp3) is 0.111. The Labute approximate surface area is 105 Å². The fourth-order valence-electron chi connectivity index (χ4n) is 1.01. The molecule has 0 spiro atoms. The molecule has 0 saturated heterocycles. The number of amidine groups is 1. The Bertz CT molecular complexity index is 503. The first-order chi connectivity index (χ1) is 7.97. The maximum absolute atomic E-state index is 11.0. The van der Waals surface area contributed by atoms with Crippen LogP contribution >= 0.6 is 11.8 Å². The number of nitrogens with one attached hydrogen (secondary N) is 1. The van der Waals surface area contributed by atoms with Crippen LogP contribution in [0, 0.1) is 11.5 Å². The number of rotatable bonds is 2. The molecule has 17 heavy (non-hydrogen) atoms. The normalized spacial score (nSPS) is 12.0. The van der Waals surface area contributed by atoms with E-state index in [0.717, 1.165) is 0 Å². The summed E-state index contributed by atoms with van der Waals surface area (Å²) in [6.07, 6.45) is 3.51. The summed E-state index contributed by atoms with van der Waals surface area (Å²) in [5.41, 5.74) is 0.518. The zero-order valence-corrected chi connectivity index (χ0v) is 11.6. The summed E-state index contributed by atoms with van der Waals surface area (Å²) >= 11 is -3.56. The molecule has 0 aromatic heterocycles. The van der Waals surface area contributed by atoms with Crippen LogP contribution in [0.15, 0.2) is 29.3 Å². The quantitative estimate of drug-likeness (QED) is 0.227. The minimum atomic E-state index is -4.82. The van der Waals surface area contributed by atoms with Crippen LogP contribution in [-0.2, 0) is 3.74 Å². The van der Waals surface area contributed by atoms with Crippen LogP contribution in [0.4, 0.5) is 5.69 Å². The molecule has 8 heteroatoms. The average molecular weight is 315 g/mol. The van der Waals surface area contributed by atoms with Crippen molar-refractivity contribution in [3.05, 3.63) is 24.3 Å². The van der Waals surface area contributed by atoms with Gasteiger partial charge < -0.3 is 0 Å². The molecule has 0 bridgehead atoms. The molecule has 1 rings (SSSR count).